The first-order valence-corrected chi connectivity index (χ1v) is 9.93. The highest BCUT2D eigenvalue weighted by Gasteiger charge is 2.29. The van der Waals surface area contributed by atoms with Gasteiger partial charge in [-0.25, -0.2) is 4.98 Å². The Balaban J connectivity index is 0.00000225. The van der Waals surface area contributed by atoms with Crippen molar-refractivity contribution in [3.05, 3.63) is 24.3 Å². The van der Waals surface area contributed by atoms with Crippen LogP contribution in [-0.4, -0.2) is 42.0 Å². The number of hydrogen-bond donors (Lipinski definition) is 0. The van der Waals surface area contributed by atoms with Crippen molar-refractivity contribution in [2.45, 2.75) is 39.5 Å². The summed E-state index contributed by atoms with van der Waals surface area (Å²) in [6.45, 7) is 8.01. The summed E-state index contributed by atoms with van der Waals surface area (Å²) in [5, 5.41) is 0.861. The van der Waals surface area contributed by atoms with Crippen LogP contribution < -0.4 is 4.90 Å². The molecule has 3 rings (SSSR count). The van der Waals surface area contributed by atoms with Crippen LogP contribution in [0, 0.1) is 5.92 Å². The molecule has 138 valence electrons. The number of carbonyl (C=O) groups excluding carboxylic acids is 1. The zero-order chi connectivity index (χ0) is 16.9. The van der Waals surface area contributed by atoms with E-state index in [1.807, 2.05) is 23.1 Å². The first-order chi connectivity index (χ1) is 11.7. The molecular weight excluding hydrogens is 354 g/mol. The first-order valence-electron chi connectivity index (χ1n) is 9.12. The summed E-state index contributed by atoms with van der Waals surface area (Å²) < 4.78 is 1.15. The maximum Gasteiger partial charge on any atom is 0.231 e. The van der Waals surface area contributed by atoms with Crippen LogP contribution in [0.2, 0.25) is 0 Å². The van der Waals surface area contributed by atoms with Crippen LogP contribution >= 0.6 is 23.7 Å². The predicted octanol–water partition coefficient (Wildman–Crippen LogP) is 4.58. The van der Waals surface area contributed by atoms with Crippen molar-refractivity contribution in [2.24, 2.45) is 5.92 Å². The predicted molar refractivity (Wildman–Crippen MR) is 109 cm³/mol. The molecule has 1 aliphatic rings. The molecule has 1 aromatic carbocycles. The number of amides is 1. The quantitative estimate of drug-likeness (QED) is 0.704. The van der Waals surface area contributed by atoms with Crippen LogP contribution in [-0.2, 0) is 4.79 Å². The molecule has 0 radical (unpaired) electrons. The molecular formula is C19H28ClN3OS. The molecule has 4 nitrogen and oxygen atoms in total. The summed E-state index contributed by atoms with van der Waals surface area (Å²) in [7, 11) is 0. The number of fused-ring (bicyclic) bond motifs is 1. The molecule has 1 saturated carbocycles. The van der Waals surface area contributed by atoms with Gasteiger partial charge in [-0.15, -0.1) is 12.4 Å². The molecule has 0 unspecified atom stereocenters. The van der Waals surface area contributed by atoms with E-state index in [1.54, 1.807) is 11.3 Å². The lowest BCUT2D eigenvalue weighted by molar-refractivity contribution is -0.122. The molecule has 2 aromatic rings. The van der Waals surface area contributed by atoms with Crippen molar-refractivity contribution in [3.8, 4) is 0 Å². The van der Waals surface area contributed by atoms with Gasteiger partial charge in [0, 0.05) is 19.0 Å². The van der Waals surface area contributed by atoms with E-state index in [0.29, 0.717) is 0 Å². The fourth-order valence-electron chi connectivity index (χ4n) is 3.45. The molecule has 1 amide bonds. The number of carbonyl (C=O) groups is 1. The number of hydrogen-bond acceptors (Lipinski definition) is 4. The second-order valence-corrected chi connectivity index (χ2v) is 7.47. The van der Waals surface area contributed by atoms with E-state index in [4.69, 9.17) is 4.98 Å². The van der Waals surface area contributed by atoms with E-state index >= 15 is 0 Å². The highest BCUT2D eigenvalue weighted by molar-refractivity contribution is 7.22. The molecule has 0 saturated heterocycles. The largest absolute Gasteiger partial charge is 0.302 e. The van der Waals surface area contributed by atoms with Crippen molar-refractivity contribution >= 4 is 45.0 Å². The standard InChI is InChI=1S/C19H27N3OS.ClH/c1-3-21(4-2)13-14-22(18(23)15-9-5-6-10-15)19-20-16-11-7-8-12-17(16)24-19;/h7-8,11-12,15H,3-6,9-10,13-14H2,1-2H3;1H. The van der Waals surface area contributed by atoms with Crippen LogP contribution in [0.1, 0.15) is 39.5 Å². The number of likely N-dealkylation sites (N-methyl/N-ethyl adjacent to an activating group) is 1. The lowest BCUT2D eigenvalue weighted by Gasteiger charge is -2.26. The zero-order valence-electron chi connectivity index (χ0n) is 15.1. The number of para-hydroxylation sites is 1. The van der Waals surface area contributed by atoms with Crippen LogP contribution in [0.25, 0.3) is 10.2 Å². The Kier molecular flexibility index (Phi) is 7.66. The van der Waals surface area contributed by atoms with Crippen molar-refractivity contribution in [1.82, 2.24) is 9.88 Å². The van der Waals surface area contributed by atoms with E-state index in [9.17, 15) is 4.79 Å². The Bertz CT molecular complexity index is 647. The second kappa shape index (κ2) is 9.51. The van der Waals surface area contributed by atoms with Gasteiger partial charge in [0.15, 0.2) is 5.13 Å². The minimum atomic E-state index is 0. The van der Waals surface area contributed by atoms with Gasteiger partial charge >= 0.3 is 0 Å². The minimum Gasteiger partial charge on any atom is -0.302 e. The molecule has 1 heterocycles. The van der Waals surface area contributed by atoms with E-state index in [-0.39, 0.29) is 24.2 Å². The topological polar surface area (TPSA) is 36.4 Å². The van der Waals surface area contributed by atoms with Gasteiger partial charge in [0.1, 0.15) is 0 Å². The molecule has 0 spiro atoms. The lowest BCUT2D eigenvalue weighted by atomic mass is 10.1. The van der Waals surface area contributed by atoms with Gasteiger partial charge in [-0.1, -0.05) is 50.2 Å². The van der Waals surface area contributed by atoms with Gasteiger partial charge in [-0.05, 0) is 38.1 Å². The number of benzene rings is 1. The summed E-state index contributed by atoms with van der Waals surface area (Å²) in [4.78, 5) is 22.1. The Hall–Kier alpha value is -1.17. The summed E-state index contributed by atoms with van der Waals surface area (Å²) in [6.07, 6.45) is 4.43. The SMILES string of the molecule is CCN(CC)CCN(C(=O)C1CCCC1)c1nc2ccccc2s1.Cl. The van der Waals surface area contributed by atoms with Gasteiger partial charge < -0.3 is 4.90 Å². The second-order valence-electron chi connectivity index (χ2n) is 6.46. The van der Waals surface area contributed by atoms with Gasteiger partial charge in [0.05, 0.1) is 10.2 Å². The molecule has 0 bridgehead atoms. The molecule has 0 aliphatic heterocycles. The number of aromatic nitrogens is 1. The molecule has 1 aromatic heterocycles. The normalized spacial score (nSPS) is 14.8. The summed E-state index contributed by atoms with van der Waals surface area (Å²) in [6, 6.07) is 8.14. The average molecular weight is 382 g/mol. The Morgan fingerprint density at radius 2 is 1.84 bits per heavy atom. The van der Waals surface area contributed by atoms with Gasteiger partial charge in [-0.3, -0.25) is 9.69 Å². The van der Waals surface area contributed by atoms with E-state index < -0.39 is 0 Å². The Morgan fingerprint density at radius 1 is 1.16 bits per heavy atom. The summed E-state index contributed by atoms with van der Waals surface area (Å²) in [5.74, 6) is 0.465. The maximum atomic E-state index is 13.1. The van der Waals surface area contributed by atoms with Crippen LogP contribution in [0.4, 0.5) is 5.13 Å². The molecule has 1 fully saturated rings. The van der Waals surface area contributed by atoms with E-state index in [2.05, 4.69) is 24.8 Å². The summed E-state index contributed by atoms with van der Waals surface area (Å²) >= 11 is 1.63. The average Bonchev–Trinajstić information content (AvgIpc) is 3.27. The number of thiazole rings is 1. The fourth-order valence-corrected chi connectivity index (χ4v) is 4.45. The van der Waals surface area contributed by atoms with Crippen molar-refractivity contribution in [1.29, 1.82) is 0 Å². The molecule has 25 heavy (non-hydrogen) atoms. The smallest absolute Gasteiger partial charge is 0.231 e. The van der Waals surface area contributed by atoms with Crippen molar-refractivity contribution < 1.29 is 4.79 Å². The van der Waals surface area contributed by atoms with Crippen LogP contribution in [0.3, 0.4) is 0 Å². The number of rotatable bonds is 7. The molecule has 6 heteroatoms. The summed E-state index contributed by atoms with van der Waals surface area (Å²) in [5.41, 5.74) is 0.990. The fraction of sp³-hybridized carbons (Fsp3) is 0.579. The molecule has 1 aliphatic carbocycles. The zero-order valence-corrected chi connectivity index (χ0v) is 16.7. The van der Waals surface area contributed by atoms with Gasteiger partial charge in [0.25, 0.3) is 0 Å². The highest BCUT2D eigenvalue weighted by Crippen LogP contribution is 2.32. The number of anilines is 1. The molecule has 0 atom stereocenters. The van der Waals surface area contributed by atoms with Crippen LogP contribution in [0.5, 0.6) is 0 Å². The number of halogens is 1. The first kappa shape index (κ1) is 20.1. The third-order valence-corrected chi connectivity index (χ3v) is 6.08. The third-order valence-electron chi connectivity index (χ3n) is 5.02. The molecule has 0 N–H and O–H groups in total. The van der Waals surface area contributed by atoms with Crippen molar-refractivity contribution in [3.63, 3.8) is 0 Å². The van der Waals surface area contributed by atoms with Gasteiger partial charge in [0.2, 0.25) is 5.91 Å². The van der Waals surface area contributed by atoms with Crippen LogP contribution in [0.15, 0.2) is 24.3 Å². The Labute approximate surface area is 160 Å². The van der Waals surface area contributed by atoms with Crippen molar-refractivity contribution in [2.75, 3.05) is 31.1 Å². The Morgan fingerprint density at radius 3 is 2.48 bits per heavy atom. The van der Waals surface area contributed by atoms with E-state index in [0.717, 1.165) is 54.4 Å². The lowest BCUT2D eigenvalue weighted by Crippen LogP contribution is -2.41. The van der Waals surface area contributed by atoms with Gasteiger partial charge in [-0.2, -0.15) is 0 Å². The highest BCUT2D eigenvalue weighted by atomic mass is 35.5. The van der Waals surface area contributed by atoms with E-state index in [1.165, 1.54) is 12.8 Å². The number of nitrogens with zero attached hydrogens (tertiary/aromatic N) is 3. The maximum absolute atomic E-state index is 13.1. The minimum absolute atomic E-state index is 0. The third kappa shape index (κ3) is 4.72. The monoisotopic (exact) mass is 381 g/mol.